The van der Waals surface area contributed by atoms with E-state index < -0.39 is 28.3 Å². The van der Waals surface area contributed by atoms with E-state index in [1.165, 1.54) is 48.5 Å². The van der Waals surface area contributed by atoms with Crippen LogP contribution in [0, 0.1) is 20.2 Å². The number of nitro groups is 2. The number of hydrogen-bond donors (Lipinski definition) is 1. The van der Waals surface area contributed by atoms with Gasteiger partial charge in [0.1, 0.15) is 12.2 Å². The second-order valence-electron chi connectivity index (χ2n) is 5.49. The Morgan fingerprint density at radius 1 is 0.880 bits per heavy atom. The van der Waals surface area contributed by atoms with Crippen LogP contribution < -0.4 is 0 Å². The number of hydrogen-bond acceptors (Lipinski definition) is 7. The first-order chi connectivity index (χ1) is 12.0. The first-order valence-corrected chi connectivity index (χ1v) is 7.39. The lowest BCUT2D eigenvalue weighted by molar-refractivity contribution is -0.385. The van der Waals surface area contributed by atoms with Gasteiger partial charge in [0.2, 0.25) is 0 Å². The number of non-ortho nitro benzene ring substituents is 2. The highest BCUT2D eigenvalue weighted by Crippen LogP contribution is 2.35. The van der Waals surface area contributed by atoms with E-state index in [2.05, 4.69) is 0 Å². The predicted molar refractivity (Wildman–Crippen MR) is 84.7 cm³/mol. The van der Waals surface area contributed by atoms with Gasteiger partial charge in [-0.1, -0.05) is 0 Å². The van der Waals surface area contributed by atoms with Crippen molar-refractivity contribution in [1.29, 1.82) is 0 Å². The molecule has 25 heavy (non-hydrogen) atoms. The van der Waals surface area contributed by atoms with Gasteiger partial charge in [0.05, 0.1) is 16.5 Å². The average molecular weight is 346 g/mol. The topological polar surface area (TPSA) is 125 Å². The summed E-state index contributed by atoms with van der Waals surface area (Å²) < 4.78 is 11.2. The summed E-state index contributed by atoms with van der Waals surface area (Å²) in [5.41, 5.74) is 1.04. The van der Waals surface area contributed by atoms with E-state index in [9.17, 15) is 25.3 Å². The van der Waals surface area contributed by atoms with Gasteiger partial charge >= 0.3 is 0 Å². The van der Waals surface area contributed by atoms with E-state index in [0.29, 0.717) is 11.1 Å². The molecule has 9 nitrogen and oxygen atoms in total. The summed E-state index contributed by atoms with van der Waals surface area (Å²) in [6.45, 7) is 0.00328. The Labute approximate surface area is 141 Å². The maximum atomic E-state index is 10.7. The monoisotopic (exact) mass is 346 g/mol. The van der Waals surface area contributed by atoms with Gasteiger partial charge in [0, 0.05) is 29.8 Å². The molecule has 3 atom stereocenters. The van der Waals surface area contributed by atoms with Crippen LogP contribution in [0.4, 0.5) is 11.4 Å². The van der Waals surface area contributed by atoms with E-state index in [0.717, 1.165) is 0 Å². The van der Waals surface area contributed by atoms with Crippen molar-refractivity contribution in [3.63, 3.8) is 0 Å². The van der Waals surface area contributed by atoms with Crippen LogP contribution in [0.15, 0.2) is 48.5 Å². The minimum atomic E-state index is -0.934. The van der Waals surface area contributed by atoms with Gasteiger partial charge < -0.3 is 14.6 Å². The van der Waals surface area contributed by atoms with Crippen molar-refractivity contribution in [3.05, 3.63) is 79.9 Å². The lowest BCUT2D eigenvalue weighted by Gasteiger charge is -2.34. The molecular formula is C16H14N2O7. The van der Waals surface area contributed by atoms with Gasteiger partial charge in [-0.2, -0.15) is 0 Å². The zero-order valence-electron chi connectivity index (χ0n) is 12.8. The fourth-order valence-corrected chi connectivity index (χ4v) is 2.55. The zero-order chi connectivity index (χ0) is 18.0. The summed E-state index contributed by atoms with van der Waals surface area (Å²) in [6, 6.07) is 11.4. The number of nitrogens with zero attached hydrogens (tertiary/aromatic N) is 2. The standard InChI is InChI=1S/C16H14N2O7/c19-14-9-24-16(11-3-7-13(8-4-11)18(22)23)25-15(14)10-1-5-12(6-2-10)17(20)21/h1-8,14-16,19H,9H2/t14-,15-,16-/m0/s1. The van der Waals surface area contributed by atoms with Crippen LogP contribution in [0.2, 0.25) is 0 Å². The first-order valence-electron chi connectivity index (χ1n) is 7.39. The van der Waals surface area contributed by atoms with E-state index in [-0.39, 0.29) is 18.0 Å². The molecule has 9 heteroatoms. The van der Waals surface area contributed by atoms with E-state index in [4.69, 9.17) is 9.47 Å². The predicted octanol–water partition coefficient (Wildman–Crippen LogP) is 2.65. The average Bonchev–Trinajstić information content (AvgIpc) is 2.62. The molecule has 1 N–H and O–H groups in total. The Morgan fingerprint density at radius 3 is 1.84 bits per heavy atom. The number of nitro benzene ring substituents is 2. The van der Waals surface area contributed by atoms with Crippen LogP contribution >= 0.6 is 0 Å². The molecule has 0 spiro atoms. The van der Waals surface area contributed by atoms with Gasteiger partial charge in [-0.3, -0.25) is 20.2 Å². The maximum absolute atomic E-state index is 10.7. The number of ether oxygens (including phenoxy) is 2. The molecule has 1 fully saturated rings. The number of aliphatic hydroxyl groups excluding tert-OH is 1. The summed E-state index contributed by atoms with van der Waals surface area (Å²) >= 11 is 0. The molecule has 2 aromatic rings. The number of rotatable bonds is 4. The Balaban J connectivity index is 1.79. The van der Waals surface area contributed by atoms with Gasteiger partial charge in [0.25, 0.3) is 11.4 Å². The molecule has 2 aromatic carbocycles. The molecule has 0 unspecified atom stereocenters. The molecule has 130 valence electrons. The van der Waals surface area contributed by atoms with Crippen LogP contribution in [-0.4, -0.2) is 27.7 Å². The summed E-state index contributed by atoms with van der Waals surface area (Å²) in [7, 11) is 0. The van der Waals surface area contributed by atoms with Gasteiger partial charge in [0.15, 0.2) is 6.29 Å². The Bertz CT molecular complexity index is 776. The summed E-state index contributed by atoms with van der Waals surface area (Å²) in [5.74, 6) is 0. The molecule has 0 amide bonds. The lowest BCUT2D eigenvalue weighted by atomic mass is 10.0. The molecule has 1 aliphatic heterocycles. The Hall–Kier alpha value is -2.88. The highest BCUT2D eigenvalue weighted by Gasteiger charge is 2.33. The molecule has 1 saturated heterocycles. The number of benzene rings is 2. The molecule has 0 aromatic heterocycles. The van der Waals surface area contributed by atoms with E-state index in [1.54, 1.807) is 0 Å². The van der Waals surface area contributed by atoms with Crippen molar-refractivity contribution < 1.29 is 24.4 Å². The second-order valence-corrected chi connectivity index (χ2v) is 5.49. The second kappa shape index (κ2) is 6.93. The van der Waals surface area contributed by atoms with Crippen molar-refractivity contribution in [2.75, 3.05) is 6.61 Å². The SMILES string of the molecule is O=[N+]([O-])c1ccc([C@H]2OC[C@H](O)[C@H](c3ccc([N+](=O)[O-])cc3)O2)cc1. The molecule has 1 heterocycles. The first kappa shape index (κ1) is 17.0. The van der Waals surface area contributed by atoms with Crippen LogP contribution in [0.5, 0.6) is 0 Å². The minimum absolute atomic E-state index is 0.00328. The number of aliphatic hydroxyl groups is 1. The smallest absolute Gasteiger partial charge is 0.269 e. The van der Waals surface area contributed by atoms with Crippen molar-refractivity contribution >= 4 is 11.4 Å². The van der Waals surface area contributed by atoms with E-state index in [1.807, 2.05) is 0 Å². The third-order valence-electron chi connectivity index (χ3n) is 3.85. The minimum Gasteiger partial charge on any atom is -0.388 e. The summed E-state index contributed by atoms with van der Waals surface area (Å²) in [5, 5.41) is 31.5. The van der Waals surface area contributed by atoms with Crippen LogP contribution in [-0.2, 0) is 9.47 Å². The Kier molecular flexibility index (Phi) is 4.70. The highest BCUT2D eigenvalue weighted by molar-refractivity contribution is 5.35. The van der Waals surface area contributed by atoms with Gasteiger partial charge in [-0.05, 0) is 29.8 Å². The summed E-state index contributed by atoms with van der Waals surface area (Å²) in [4.78, 5) is 20.4. The molecule has 0 aliphatic carbocycles. The molecule has 0 saturated carbocycles. The highest BCUT2D eigenvalue weighted by atomic mass is 16.7. The van der Waals surface area contributed by atoms with Crippen LogP contribution in [0.25, 0.3) is 0 Å². The Morgan fingerprint density at radius 2 is 1.36 bits per heavy atom. The van der Waals surface area contributed by atoms with Crippen molar-refractivity contribution in [2.24, 2.45) is 0 Å². The summed E-state index contributed by atoms with van der Waals surface area (Å²) in [6.07, 6.45) is -2.46. The lowest BCUT2D eigenvalue weighted by Crippen LogP contribution is -2.34. The maximum Gasteiger partial charge on any atom is 0.269 e. The normalized spacial score (nSPS) is 23.2. The molecule has 0 bridgehead atoms. The van der Waals surface area contributed by atoms with Crippen LogP contribution in [0.3, 0.4) is 0 Å². The molecule has 1 aliphatic rings. The molecular weight excluding hydrogens is 332 g/mol. The zero-order valence-corrected chi connectivity index (χ0v) is 12.8. The molecule has 3 rings (SSSR count). The van der Waals surface area contributed by atoms with Crippen molar-refractivity contribution in [3.8, 4) is 0 Å². The van der Waals surface area contributed by atoms with Crippen molar-refractivity contribution in [2.45, 2.75) is 18.5 Å². The third kappa shape index (κ3) is 3.63. The third-order valence-corrected chi connectivity index (χ3v) is 3.85. The largest absolute Gasteiger partial charge is 0.388 e. The van der Waals surface area contributed by atoms with Crippen molar-refractivity contribution in [1.82, 2.24) is 0 Å². The van der Waals surface area contributed by atoms with E-state index >= 15 is 0 Å². The fraction of sp³-hybridized carbons (Fsp3) is 0.250. The van der Waals surface area contributed by atoms with Gasteiger partial charge in [-0.25, -0.2) is 0 Å². The fourth-order valence-electron chi connectivity index (χ4n) is 2.55. The quantitative estimate of drug-likeness (QED) is 0.666. The van der Waals surface area contributed by atoms with Crippen LogP contribution in [0.1, 0.15) is 23.5 Å². The molecule has 0 radical (unpaired) electrons. The van der Waals surface area contributed by atoms with Gasteiger partial charge in [-0.15, -0.1) is 0 Å².